The molecule has 0 saturated heterocycles. The number of para-hydroxylation sites is 1. The molecule has 0 saturated carbocycles. The van der Waals surface area contributed by atoms with Crippen LogP contribution in [0.1, 0.15) is 37.0 Å². The van der Waals surface area contributed by atoms with Crippen molar-refractivity contribution in [2.75, 3.05) is 18.9 Å². The molecule has 1 aromatic carbocycles. The van der Waals surface area contributed by atoms with Crippen LogP contribution in [0.5, 0.6) is 11.5 Å². The minimum atomic E-state index is 0.0678. The largest absolute Gasteiger partial charge is 0.494 e. The Morgan fingerprint density at radius 3 is 2.29 bits per heavy atom. The minimum absolute atomic E-state index is 0.0678. The standard InChI is InChI=1S/C24H26ClN7O2S/c1-15(23-27-13-18(25)14-28-23)16(2)35-31-24-30-29-21(12-17-8-10-26-11-9-17)32(24)22-19(33-3)6-5-7-20(22)34-4/h5-11,13-16H,12H2,1-4H3,(H,30,31). The second-order valence-corrected chi connectivity index (χ2v) is 9.41. The van der Waals surface area contributed by atoms with E-state index in [0.29, 0.717) is 28.9 Å². The van der Waals surface area contributed by atoms with E-state index in [1.165, 1.54) is 11.9 Å². The number of hydrogen-bond acceptors (Lipinski definition) is 9. The lowest BCUT2D eigenvalue weighted by Gasteiger charge is -2.20. The Bertz CT molecular complexity index is 1230. The third kappa shape index (κ3) is 5.66. The highest BCUT2D eigenvalue weighted by Crippen LogP contribution is 2.36. The maximum atomic E-state index is 5.94. The number of methoxy groups -OCH3 is 2. The van der Waals surface area contributed by atoms with Gasteiger partial charge in [-0.05, 0) is 41.8 Å². The molecule has 0 bridgehead atoms. The number of hydrogen-bond donors (Lipinski definition) is 1. The van der Waals surface area contributed by atoms with Crippen LogP contribution in [0.2, 0.25) is 5.02 Å². The highest BCUT2D eigenvalue weighted by atomic mass is 35.5. The number of pyridine rings is 1. The first-order valence-electron chi connectivity index (χ1n) is 11.0. The Balaban J connectivity index is 1.67. The van der Waals surface area contributed by atoms with Gasteiger partial charge < -0.3 is 9.47 Å². The minimum Gasteiger partial charge on any atom is -0.494 e. The van der Waals surface area contributed by atoms with Crippen molar-refractivity contribution in [3.63, 3.8) is 0 Å². The number of rotatable bonds is 10. The van der Waals surface area contributed by atoms with Crippen LogP contribution in [0.15, 0.2) is 55.1 Å². The van der Waals surface area contributed by atoms with E-state index in [2.05, 4.69) is 43.7 Å². The molecule has 182 valence electrons. The number of anilines is 1. The second kappa shape index (κ2) is 11.4. The lowest BCUT2D eigenvalue weighted by molar-refractivity contribution is 0.391. The van der Waals surface area contributed by atoms with Crippen molar-refractivity contribution < 1.29 is 9.47 Å². The Labute approximate surface area is 213 Å². The molecule has 2 unspecified atom stereocenters. The number of benzene rings is 1. The maximum Gasteiger partial charge on any atom is 0.239 e. The van der Waals surface area contributed by atoms with E-state index in [1.54, 1.807) is 39.0 Å². The number of aromatic nitrogens is 6. The first-order valence-corrected chi connectivity index (χ1v) is 12.2. The zero-order valence-corrected chi connectivity index (χ0v) is 21.4. The molecule has 2 atom stereocenters. The van der Waals surface area contributed by atoms with E-state index < -0.39 is 0 Å². The summed E-state index contributed by atoms with van der Waals surface area (Å²) in [5.41, 5.74) is 1.78. The van der Waals surface area contributed by atoms with Crippen LogP contribution in [0.3, 0.4) is 0 Å². The van der Waals surface area contributed by atoms with Gasteiger partial charge in [-0.15, -0.1) is 10.2 Å². The Morgan fingerprint density at radius 1 is 1.00 bits per heavy atom. The summed E-state index contributed by atoms with van der Waals surface area (Å²) in [5.74, 6) is 3.36. The maximum absolute atomic E-state index is 5.94. The molecule has 11 heteroatoms. The summed E-state index contributed by atoms with van der Waals surface area (Å²) in [6, 6.07) is 9.55. The molecule has 0 spiro atoms. The smallest absolute Gasteiger partial charge is 0.239 e. The normalized spacial score (nSPS) is 12.7. The molecule has 0 aliphatic carbocycles. The van der Waals surface area contributed by atoms with Gasteiger partial charge in [0.25, 0.3) is 0 Å². The van der Waals surface area contributed by atoms with Gasteiger partial charge in [0.05, 0.1) is 19.2 Å². The first kappa shape index (κ1) is 24.7. The van der Waals surface area contributed by atoms with Gasteiger partial charge in [-0.1, -0.05) is 31.5 Å². The van der Waals surface area contributed by atoms with Crippen LogP contribution >= 0.6 is 23.5 Å². The third-order valence-electron chi connectivity index (χ3n) is 5.55. The van der Waals surface area contributed by atoms with Crippen molar-refractivity contribution in [1.82, 2.24) is 29.7 Å². The van der Waals surface area contributed by atoms with E-state index in [-0.39, 0.29) is 11.2 Å². The van der Waals surface area contributed by atoms with Gasteiger partial charge in [0, 0.05) is 42.4 Å². The molecule has 0 aliphatic rings. The van der Waals surface area contributed by atoms with Gasteiger partial charge in [0.15, 0.2) is 0 Å². The predicted molar refractivity (Wildman–Crippen MR) is 138 cm³/mol. The van der Waals surface area contributed by atoms with Gasteiger partial charge in [-0.25, -0.2) is 9.97 Å². The average Bonchev–Trinajstić information content (AvgIpc) is 3.28. The van der Waals surface area contributed by atoms with E-state index in [9.17, 15) is 0 Å². The highest BCUT2D eigenvalue weighted by Gasteiger charge is 2.24. The Kier molecular flexibility index (Phi) is 8.04. The van der Waals surface area contributed by atoms with E-state index in [1.807, 2.05) is 34.9 Å². The fourth-order valence-electron chi connectivity index (χ4n) is 3.48. The van der Waals surface area contributed by atoms with Gasteiger partial charge in [-0.3, -0.25) is 14.3 Å². The summed E-state index contributed by atoms with van der Waals surface area (Å²) in [5, 5.41) is 9.59. The molecular weight excluding hydrogens is 486 g/mol. The topological polar surface area (TPSA) is 99.9 Å². The first-order chi connectivity index (χ1) is 17.0. The Hall–Kier alpha value is -3.37. The Morgan fingerprint density at radius 2 is 1.66 bits per heavy atom. The van der Waals surface area contributed by atoms with Crippen molar-refractivity contribution in [2.24, 2.45) is 0 Å². The van der Waals surface area contributed by atoms with Gasteiger partial charge >= 0.3 is 0 Å². The van der Waals surface area contributed by atoms with Crippen LogP contribution in [-0.4, -0.2) is 49.2 Å². The quantitative estimate of drug-likeness (QED) is 0.296. The molecule has 9 nitrogen and oxygen atoms in total. The van der Waals surface area contributed by atoms with Crippen LogP contribution in [0.25, 0.3) is 5.69 Å². The molecule has 1 N–H and O–H groups in total. The molecular formula is C24H26ClN7O2S. The SMILES string of the molecule is COc1cccc(OC)c1-n1c(Cc2ccncc2)nnc1NSC(C)C(C)c1ncc(Cl)cn1. The van der Waals surface area contributed by atoms with E-state index >= 15 is 0 Å². The zero-order chi connectivity index (χ0) is 24.8. The molecule has 4 rings (SSSR count). The molecule has 0 fully saturated rings. The number of nitrogens with one attached hydrogen (secondary N) is 1. The van der Waals surface area contributed by atoms with Crippen LogP contribution in [0.4, 0.5) is 5.95 Å². The lowest BCUT2D eigenvalue weighted by atomic mass is 10.1. The number of halogens is 1. The summed E-state index contributed by atoms with van der Waals surface area (Å²) >= 11 is 7.45. The van der Waals surface area contributed by atoms with Gasteiger partial charge in [0.2, 0.25) is 5.95 Å². The molecule has 0 radical (unpaired) electrons. The summed E-state index contributed by atoms with van der Waals surface area (Å²) < 4.78 is 16.7. The summed E-state index contributed by atoms with van der Waals surface area (Å²) in [7, 11) is 3.26. The monoisotopic (exact) mass is 511 g/mol. The molecule has 4 aromatic rings. The van der Waals surface area contributed by atoms with E-state index in [0.717, 1.165) is 22.9 Å². The highest BCUT2D eigenvalue weighted by molar-refractivity contribution is 8.01. The van der Waals surface area contributed by atoms with Gasteiger partial charge in [0.1, 0.15) is 28.8 Å². The van der Waals surface area contributed by atoms with Gasteiger partial charge in [-0.2, -0.15) is 0 Å². The van der Waals surface area contributed by atoms with Crippen molar-refractivity contribution in [1.29, 1.82) is 0 Å². The van der Waals surface area contributed by atoms with Crippen LogP contribution < -0.4 is 14.2 Å². The molecule has 3 heterocycles. The summed E-state index contributed by atoms with van der Waals surface area (Å²) in [4.78, 5) is 12.8. The fraction of sp³-hybridized carbons (Fsp3) is 0.292. The average molecular weight is 512 g/mol. The molecule has 0 aliphatic heterocycles. The zero-order valence-electron chi connectivity index (χ0n) is 19.8. The molecule has 3 aromatic heterocycles. The number of nitrogens with zero attached hydrogens (tertiary/aromatic N) is 6. The van der Waals surface area contributed by atoms with Crippen molar-refractivity contribution in [3.8, 4) is 17.2 Å². The predicted octanol–water partition coefficient (Wildman–Crippen LogP) is 4.97. The molecule has 35 heavy (non-hydrogen) atoms. The summed E-state index contributed by atoms with van der Waals surface area (Å²) in [6.45, 7) is 4.17. The molecule has 0 amide bonds. The number of ether oxygens (including phenoxy) is 2. The van der Waals surface area contributed by atoms with Crippen molar-refractivity contribution in [3.05, 3.63) is 77.4 Å². The van der Waals surface area contributed by atoms with Crippen molar-refractivity contribution >= 4 is 29.5 Å². The van der Waals surface area contributed by atoms with E-state index in [4.69, 9.17) is 21.1 Å². The van der Waals surface area contributed by atoms with Crippen LogP contribution in [0, 0.1) is 0 Å². The fourth-order valence-corrected chi connectivity index (χ4v) is 4.33. The third-order valence-corrected chi connectivity index (χ3v) is 6.83. The van der Waals surface area contributed by atoms with Crippen molar-refractivity contribution in [2.45, 2.75) is 31.4 Å². The lowest BCUT2D eigenvalue weighted by Crippen LogP contribution is -2.15. The van der Waals surface area contributed by atoms with Crippen LogP contribution in [-0.2, 0) is 6.42 Å². The second-order valence-electron chi connectivity index (χ2n) is 7.79. The summed E-state index contributed by atoms with van der Waals surface area (Å²) in [6.07, 6.45) is 7.29.